The summed E-state index contributed by atoms with van der Waals surface area (Å²) in [6.45, 7) is 3.50. The summed E-state index contributed by atoms with van der Waals surface area (Å²) in [5, 5.41) is 8.54. The Morgan fingerprint density at radius 1 is 1.69 bits per heavy atom. The number of carbonyl (C=O) groups is 2. The quantitative estimate of drug-likeness (QED) is 0.683. The Hall–Kier alpha value is -0.710. The molecule has 1 aliphatic rings. The van der Waals surface area contributed by atoms with E-state index in [1.54, 1.807) is 0 Å². The molecule has 1 fully saturated rings. The number of carboxylic acid groups (broad SMARTS) is 1. The molecule has 1 unspecified atom stereocenters. The molecule has 0 aliphatic carbocycles. The van der Waals surface area contributed by atoms with E-state index in [0.717, 1.165) is 0 Å². The zero-order valence-electron chi connectivity index (χ0n) is 7.90. The number of nitrogens with zero attached hydrogens (tertiary/aromatic N) is 1. The summed E-state index contributed by atoms with van der Waals surface area (Å²) in [6.07, 6.45) is 1.88. The number of likely N-dealkylation sites (tertiary alicyclic amines) is 1. The molecule has 0 spiro atoms. The molecule has 1 saturated heterocycles. The Labute approximate surface area is 81.3 Å². The van der Waals surface area contributed by atoms with Gasteiger partial charge in [-0.25, -0.2) is 0 Å². The number of aliphatic carboxylic acids is 1. The van der Waals surface area contributed by atoms with Crippen molar-refractivity contribution in [3.8, 4) is 0 Å². The van der Waals surface area contributed by atoms with Gasteiger partial charge in [0.15, 0.2) is 0 Å². The van der Waals surface area contributed by atoms with Gasteiger partial charge < -0.3 is 10.0 Å². The monoisotopic (exact) mass is 203 g/mol. The van der Waals surface area contributed by atoms with Crippen LogP contribution in [0.15, 0.2) is 0 Å². The highest BCUT2D eigenvalue weighted by Crippen LogP contribution is 2.43. The average Bonchev–Trinajstić information content (AvgIpc) is 2.02. The van der Waals surface area contributed by atoms with Gasteiger partial charge in [0.25, 0.3) is 0 Å². The minimum Gasteiger partial charge on any atom is -0.480 e. The summed E-state index contributed by atoms with van der Waals surface area (Å²) in [7, 11) is 0. The van der Waals surface area contributed by atoms with Crippen molar-refractivity contribution in [2.45, 2.75) is 19.2 Å². The molecule has 13 heavy (non-hydrogen) atoms. The summed E-state index contributed by atoms with van der Waals surface area (Å²) < 4.78 is 0. The normalized spacial score (nSPS) is 25.6. The van der Waals surface area contributed by atoms with E-state index in [0.29, 0.717) is 0 Å². The Morgan fingerprint density at radius 3 is 2.62 bits per heavy atom. The first-order chi connectivity index (χ1) is 5.91. The maximum atomic E-state index is 11.4. The van der Waals surface area contributed by atoms with Crippen LogP contribution in [0.25, 0.3) is 0 Å². The molecule has 0 saturated carbocycles. The van der Waals surface area contributed by atoms with Gasteiger partial charge in [-0.2, -0.15) is 0 Å². The maximum Gasteiger partial charge on any atom is 0.323 e. The number of amides is 1. The molecule has 0 aromatic carbocycles. The third kappa shape index (κ3) is 1.52. The lowest BCUT2D eigenvalue weighted by Crippen LogP contribution is -2.65. The molecule has 0 aromatic heterocycles. The molecule has 5 heteroatoms. The molecule has 0 aromatic rings. The van der Waals surface area contributed by atoms with Crippen molar-refractivity contribution in [1.29, 1.82) is 0 Å². The molecule has 74 valence electrons. The molecule has 1 aliphatic heterocycles. The van der Waals surface area contributed by atoms with Gasteiger partial charge in [0.05, 0.1) is 10.8 Å². The number of β-lactam (4-membered cyclic amide) rings is 1. The summed E-state index contributed by atoms with van der Waals surface area (Å²) in [5.41, 5.74) is -0.408. The smallest absolute Gasteiger partial charge is 0.323 e. The fraction of sp³-hybridized carbons (Fsp3) is 0.750. The second-order valence-electron chi connectivity index (χ2n) is 3.64. The predicted octanol–water partition coefficient (Wildman–Crippen LogP) is 0.628. The second kappa shape index (κ2) is 3.21. The maximum absolute atomic E-state index is 11.4. The van der Waals surface area contributed by atoms with E-state index in [4.69, 9.17) is 5.11 Å². The number of hydrogen-bond donors (Lipinski definition) is 1. The Bertz CT molecular complexity index is 252. The van der Waals surface area contributed by atoms with Gasteiger partial charge in [-0.05, 0) is 20.1 Å². The molecule has 0 radical (unpaired) electrons. The van der Waals surface area contributed by atoms with Gasteiger partial charge in [0.2, 0.25) is 5.91 Å². The van der Waals surface area contributed by atoms with Gasteiger partial charge >= 0.3 is 5.97 Å². The van der Waals surface area contributed by atoms with Crippen LogP contribution in [-0.2, 0) is 9.59 Å². The van der Waals surface area contributed by atoms with Crippen LogP contribution in [0, 0.1) is 5.41 Å². The first-order valence-corrected chi connectivity index (χ1v) is 5.25. The van der Waals surface area contributed by atoms with E-state index >= 15 is 0 Å². The van der Waals surface area contributed by atoms with E-state index in [1.165, 1.54) is 16.7 Å². The number of thioether (sulfide) groups is 1. The Morgan fingerprint density at radius 2 is 2.23 bits per heavy atom. The third-order valence-electron chi connectivity index (χ3n) is 2.24. The number of hydrogen-bond acceptors (Lipinski definition) is 3. The average molecular weight is 203 g/mol. The van der Waals surface area contributed by atoms with E-state index < -0.39 is 11.4 Å². The number of carbonyl (C=O) groups excluding carboxylic acids is 1. The van der Waals surface area contributed by atoms with Crippen molar-refractivity contribution < 1.29 is 14.7 Å². The van der Waals surface area contributed by atoms with Crippen LogP contribution in [0.2, 0.25) is 0 Å². The van der Waals surface area contributed by atoms with Gasteiger partial charge in [-0.1, -0.05) is 0 Å². The zero-order valence-corrected chi connectivity index (χ0v) is 8.72. The van der Waals surface area contributed by atoms with Crippen LogP contribution in [0.4, 0.5) is 0 Å². The van der Waals surface area contributed by atoms with Crippen molar-refractivity contribution in [3.05, 3.63) is 0 Å². The fourth-order valence-corrected chi connectivity index (χ4v) is 2.74. The van der Waals surface area contributed by atoms with Crippen molar-refractivity contribution in [2.75, 3.05) is 12.8 Å². The van der Waals surface area contributed by atoms with Gasteiger partial charge in [0.1, 0.15) is 6.54 Å². The molecule has 0 bridgehead atoms. The predicted molar refractivity (Wildman–Crippen MR) is 50.4 cm³/mol. The molecule has 4 nitrogen and oxygen atoms in total. The first-order valence-electron chi connectivity index (χ1n) is 3.97. The van der Waals surface area contributed by atoms with Crippen molar-refractivity contribution in [3.63, 3.8) is 0 Å². The van der Waals surface area contributed by atoms with Crippen LogP contribution >= 0.6 is 11.8 Å². The van der Waals surface area contributed by atoms with Crippen LogP contribution in [0.1, 0.15) is 13.8 Å². The zero-order chi connectivity index (χ0) is 10.2. The molecular formula is C8H13NO3S. The van der Waals surface area contributed by atoms with Crippen molar-refractivity contribution in [1.82, 2.24) is 4.90 Å². The lowest BCUT2D eigenvalue weighted by molar-refractivity contribution is -0.165. The summed E-state index contributed by atoms with van der Waals surface area (Å²) in [4.78, 5) is 23.3. The fourth-order valence-electron chi connectivity index (χ4n) is 1.63. The Kier molecular flexibility index (Phi) is 2.56. The number of rotatable bonds is 3. The van der Waals surface area contributed by atoms with Crippen LogP contribution in [-0.4, -0.2) is 40.1 Å². The second-order valence-corrected chi connectivity index (χ2v) is 4.55. The SMILES string of the molecule is CSC1N(CC(=O)O)C(=O)C1(C)C. The van der Waals surface area contributed by atoms with Gasteiger partial charge in [-0.3, -0.25) is 9.59 Å². The lowest BCUT2D eigenvalue weighted by atomic mass is 9.82. The molecule has 1 N–H and O–H groups in total. The molecule has 1 rings (SSSR count). The van der Waals surface area contributed by atoms with E-state index in [2.05, 4.69) is 0 Å². The largest absolute Gasteiger partial charge is 0.480 e. The van der Waals surface area contributed by atoms with Crippen molar-refractivity contribution >= 4 is 23.6 Å². The van der Waals surface area contributed by atoms with Crippen molar-refractivity contribution in [2.24, 2.45) is 5.41 Å². The third-order valence-corrected chi connectivity index (χ3v) is 3.53. The van der Waals surface area contributed by atoms with Crippen LogP contribution < -0.4 is 0 Å². The van der Waals surface area contributed by atoms with Gasteiger partial charge in [0, 0.05) is 0 Å². The number of carboxylic acids is 1. The van der Waals surface area contributed by atoms with Gasteiger partial charge in [-0.15, -0.1) is 11.8 Å². The molecule has 1 amide bonds. The Balaban J connectivity index is 2.69. The van der Waals surface area contributed by atoms with Crippen LogP contribution in [0.5, 0.6) is 0 Å². The highest BCUT2D eigenvalue weighted by atomic mass is 32.2. The summed E-state index contributed by atoms with van der Waals surface area (Å²) in [5.74, 6) is -1.03. The molecule has 1 atom stereocenters. The summed E-state index contributed by atoms with van der Waals surface area (Å²) >= 11 is 1.51. The molecule has 1 heterocycles. The standard InChI is InChI=1S/C8H13NO3S/c1-8(2)6(12)9(4-5(10)11)7(8)13-3/h7H,4H2,1-3H3,(H,10,11). The van der Waals surface area contributed by atoms with E-state index in [1.807, 2.05) is 20.1 Å². The topological polar surface area (TPSA) is 57.6 Å². The van der Waals surface area contributed by atoms with E-state index in [-0.39, 0.29) is 17.8 Å². The lowest BCUT2D eigenvalue weighted by Gasteiger charge is -2.51. The van der Waals surface area contributed by atoms with Crippen LogP contribution in [0.3, 0.4) is 0 Å². The molecular weight excluding hydrogens is 190 g/mol. The highest BCUT2D eigenvalue weighted by Gasteiger charge is 2.54. The first kappa shape index (κ1) is 10.4. The minimum absolute atomic E-state index is 0.00361. The highest BCUT2D eigenvalue weighted by molar-refractivity contribution is 7.99. The van der Waals surface area contributed by atoms with E-state index in [9.17, 15) is 9.59 Å². The minimum atomic E-state index is -0.956. The summed E-state index contributed by atoms with van der Waals surface area (Å²) in [6, 6.07) is 0.